The van der Waals surface area contributed by atoms with Gasteiger partial charge in [0.15, 0.2) is 0 Å². The molecule has 1 aromatic heterocycles. The van der Waals surface area contributed by atoms with Crippen molar-refractivity contribution in [2.45, 2.75) is 58.3 Å². The number of nitrogens with zero attached hydrogens (tertiary/aromatic N) is 2. The van der Waals surface area contributed by atoms with E-state index in [0.29, 0.717) is 17.5 Å². The minimum absolute atomic E-state index is 0.0213. The fraction of sp³-hybridized carbons (Fsp3) is 0.524. The van der Waals surface area contributed by atoms with Crippen molar-refractivity contribution in [1.82, 2.24) is 9.78 Å². The zero-order chi connectivity index (χ0) is 18.7. The topological polar surface area (TPSA) is 46.9 Å². The lowest BCUT2D eigenvalue weighted by molar-refractivity contribution is 0.102. The van der Waals surface area contributed by atoms with E-state index in [0.717, 1.165) is 22.4 Å². The number of halogens is 1. The van der Waals surface area contributed by atoms with Crippen LogP contribution in [0.5, 0.6) is 0 Å². The summed E-state index contributed by atoms with van der Waals surface area (Å²) >= 11 is 0. The van der Waals surface area contributed by atoms with Crippen LogP contribution in [-0.4, -0.2) is 15.7 Å². The average molecular weight is 357 g/mol. The molecule has 1 aliphatic rings. The van der Waals surface area contributed by atoms with Crippen molar-refractivity contribution < 1.29 is 9.18 Å². The van der Waals surface area contributed by atoms with Crippen LogP contribution in [0.1, 0.15) is 73.0 Å². The molecule has 4 nitrogen and oxygen atoms in total. The first-order valence-corrected chi connectivity index (χ1v) is 9.62. The molecule has 0 aliphatic heterocycles. The predicted octanol–water partition coefficient (Wildman–Crippen LogP) is 5.19. The van der Waals surface area contributed by atoms with E-state index < -0.39 is 11.9 Å². The summed E-state index contributed by atoms with van der Waals surface area (Å²) in [6, 6.07) is 7.96. The molecule has 1 fully saturated rings. The fourth-order valence-electron chi connectivity index (χ4n) is 4.35. The van der Waals surface area contributed by atoms with Gasteiger partial charge in [-0.15, -0.1) is 0 Å². The maximum atomic E-state index is 14.2. The summed E-state index contributed by atoms with van der Waals surface area (Å²) in [5, 5.41) is 6.94. The van der Waals surface area contributed by atoms with Crippen molar-refractivity contribution in [2.24, 2.45) is 13.0 Å². The summed E-state index contributed by atoms with van der Waals surface area (Å²) in [5.41, 5.74) is 2.38. The van der Waals surface area contributed by atoms with Crippen molar-refractivity contribution in [3.63, 3.8) is 0 Å². The van der Waals surface area contributed by atoms with Gasteiger partial charge >= 0.3 is 0 Å². The number of rotatable bonds is 5. The molecule has 1 aliphatic carbocycles. The van der Waals surface area contributed by atoms with Crippen LogP contribution in [0.3, 0.4) is 0 Å². The minimum Gasteiger partial charge on any atom is -0.322 e. The molecule has 1 saturated carbocycles. The van der Waals surface area contributed by atoms with E-state index in [1.165, 1.54) is 39.2 Å². The molecule has 0 radical (unpaired) electrons. The number of hydrogen-bond donors (Lipinski definition) is 1. The van der Waals surface area contributed by atoms with E-state index in [1.54, 1.807) is 6.92 Å². The highest BCUT2D eigenvalue weighted by atomic mass is 19.1. The van der Waals surface area contributed by atoms with Crippen molar-refractivity contribution in [1.29, 1.82) is 0 Å². The van der Waals surface area contributed by atoms with E-state index >= 15 is 0 Å². The monoisotopic (exact) mass is 357 g/mol. The lowest BCUT2D eigenvalue weighted by Gasteiger charge is -2.31. The van der Waals surface area contributed by atoms with E-state index in [2.05, 4.69) is 23.4 Å². The third-order valence-electron chi connectivity index (χ3n) is 5.65. The highest BCUT2D eigenvalue weighted by molar-refractivity contribution is 6.05. The third-order valence-corrected chi connectivity index (χ3v) is 5.65. The number of aryl methyl sites for hydroxylation is 2. The number of carbonyl (C=O) groups excluding carboxylic acids is 1. The molecular weight excluding hydrogens is 329 g/mol. The quantitative estimate of drug-likeness (QED) is 0.800. The van der Waals surface area contributed by atoms with Crippen LogP contribution in [0.25, 0.3) is 0 Å². The predicted molar refractivity (Wildman–Crippen MR) is 102 cm³/mol. The molecule has 5 heteroatoms. The molecule has 26 heavy (non-hydrogen) atoms. The number of anilines is 1. The summed E-state index contributed by atoms with van der Waals surface area (Å²) < 4.78 is 15.3. The summed E-state index contributed by atoms with van der Waals surface area (Å²) in [6.07, 6.45) is 7.43. The Morgan fingerprint density at radius 2 is 2.00 bits per heavy atom. The van der Waals surface area contributed by atoms with Gasteiger partial charge in [-0.2, -0.15) is 9.49 Å². The number of nitrogens with one attached hydrogen (secondary N) is 1. The smallest absolute Gasteiger partial charge is 0.262 e. The zero-order valence-corrected chi connectivity index (χ0v) is 15.9. The molecule has 1 N–H and O–H groups in total. The van der Waals surface area contributed by atoms with Crippen molar-refractivity contribution >= 4 is 11.6 Å². The normalized spacial score (nSPS) is 16.5. The van der Waals surface area contributed by atoms with Crippen LogP contribution in [-0.2, 0) is 7.05 Å². The fourth-order valence-corrected chi connectivity index (χ4v) is 4.35. The summed E-state index contributed by atoms with van der Waals surface area (Å²) in [4.78, 5) is 12.7. The van der Waals surface area contributed by atoms with E-state index in [9.17, 15) is 9.18 Å². The van der Waals surface area contributed by atoms with Gasteiger partial charge in [-0.3, -0.25) is 4.79 Å². The molecular formula is C21H28FN3O. The maximum Gasteiger partial charge on any atom is 0.262 e. The molecule has 3 rings (SSSR count). The van der Waals surface area contributed by atoms with E-state index in [4.69, 9.17) is 0 Å². The molecule has 1 amide bonds. The number of carbonyl (C=O) groups is 1. The first kappa shape index (κ1) is 18.6. The van der Waals surface area contributed by atoms with Crippen LogP contribution < -0.4 is 5.32 Å². The van der Waals surface area contributed by atoms with Gasteiger partial charge in [0.1, 0.15) is 5.56 Å². The molecule has 0 bridgehead atoms. The molecule has 1 heterocycles. The molecule has 140 valence electrons. The van der Waals surface area contributed by atoms with Crippen molar-refractivity contribution in [3.05, 3.63) is 47.0 Å². The van der Waals surface area contributed by atoms with Gasteiger partial charge < -0.3 is 5.32 Å². The maximum absolute atomic E-state index is 14.2. The summed E-state index contributed by atoms with van der Waals surface area (Å²) in [7, 11) is 1.50. The first-order valence-electron chi connectivity index (χ1n) is 9.62. The number of amides is 1. The second kappa shape index (κ2) is 8.02. The van der Waals surface area contributed by atoms with Crippen molar-refractivity contribution in [2.75, 3.05) is 5.32 Å². The molecule has 1 unspecified atom stereocenters. The second-order valence-electron chi connectivity index (χ2n) is 7.33. The molecule has 1 aromatic carbocycles. The van der Waals surface area contributed by atoms with Gasteiger partial charge in [-0.05, 0) is 49.7 Å². The van der Waals surface area contributed by atoms with Gasteiger partial charge in [0.05, 0.1) is 5.69 Å². The van der Waals surface area contributed by atoms with E-state index in [-0.39, 0.29) is 5.56 Å². The minimum atomic E-state index is -0.600. The number of benzene rings is 1. The Bertz CT molecular complexity index is 778. The van der Waals surface area contributed by atoms with Crippen LogP contribution in [0.4, 0.5) is 10.1 Å². The summed E-state index contributed by atoms with van der Waals surface area (Å²) in [6.45, 7) is 3.86. The molecule has 0 spiro atoms. The largest absolute Gasteiger partial charge is 0.322 e. The van der Waals surface area contributed by atoms with Gasteiger partial charge in [0, 0.05) is 12.7 Å². The number of para-hydroxylation sites is 1. The number of hydrogen-bond acceptors (Lipinski definition) is 2. The lowest BCUT2D eigenvalue weighted by atomic mass is 9.75. The SMILES string of the molecule is CCC(c1ccccc1NC(=O)c1c(C)nn(C)c1F)C1CCCCC1. The van der Waals surface area contributed by atoms with Gasteiger partial charge in [0.2, 0.25) is 5.95 Å². The van der Waals surface area contributed by atoms with Crippen LogP contribution in [0, 0.1) is 18.8 Å². The lowest BCUT2D eigenvalue weighted by Crippen LogP contribution is -2.20. The Labute approximate surface area is 154 Å². The molecule has 2 aromatic rings. The first-order chi connectivity index (χ1) is 12.5. The van der Waals surface area contributed by atoms with Crippen LogP contribution in [0.15, 0.2) is 24.3 Å². The van der Waals surface area contributed by atoms with Gasteiger partial charge in [-0.1, -0.05) is 44.4 Å². The average Bonchev–Trinajstić information content (AvgIpc) is 2.90. The Hall–Kier alpha value is -2.17. The van der Waals surface area contributed by atoms with Crippen LogP contribution >= 0.6 is 0 Å². The molecule has 0 saturated heterocycles. The Kier molecular flexibility index (Phi) is 5.74. The Morgan fingerprint density at radius 3 is 2.62 bits per heavy atom. The zero-order valence-electron chi connectivity index (χ0n) is 15.9. The second-order valence-corrected chi connectivity index (χ2v) is 7.33. The van der Waals surface area contributed by atoms with E-state index in [1.807, 2.05) is 18.2 Å². The highest BCUT2D eigenvalue weighted by Crippen LogP contribution is 2.40. The highest BCUT2D eigenvalue weighted by Gasteiger charge is 2.27. The summed E-state index contributed by atoms with van der Waals surface area (Å²) in [5.74, 6) is 0.0474. The van der Waals surface area contributed by atoms with Gasteiger partial charge in [0.25, 0.3) is 5.91 Å². The number of aromatic nitrogens is 2. The Balaban J connectivity index is 1.88. The molecule has 1 atom stereocenters. The standard InChI is InChI=1S/C21H28FN3O/c1-4-16(15-10-6-5-7-11-15)17-12-8-9-13-18(17)23-21(26)19-14(2)24-25(3)20(19)22/h8-9,12-13,15-16H,4-7,10-11H2,1-3H3,(H,23,26). The Morgan fingerprint density at radius 1 is 1.31 bits per heavy atom. The van der Waals surface area contributed by atoms with Crippen LogP contribution in [0.2, 0.25) is 0 Å². The third kappa shape index (κ3) is 3.67. The van der Waals surface area contributed by atoms with Gasteiger partial charge in [-0.25, -0.2) is 4.68 Å². The van der Waals surface area contributed by atoms with Crippen molar-refractivity contribution in [3.8, 4) is 0 Å².